The summed E-state index contributed by atoms with van der Waals surface area (Å²) in [6, 6.07) is 13.0. The maximum absolute atomic E-state index is 5.52. The molecular weight excluding hydrogens is 234 g/mol. The van der Waals surface area contributed by atoms with Gasteiger partial charge in [-0.1, -0.05) is 18.2 Å². The molecule has 1 N–H and O–H groups in total. The predicted molar refractivity (Wildman–Crippen MR) is 78.9 cm³/mol. The molecule has 0 saturated carbocycles. The van der Waals surface area contributed by atoms with Gasteiger partial charge in [-0.3, -0.25) is 0 Å². The molecule has 2 heteroatoms. The molecule has 0 saturated heterocycles. The van der Waals surface area contributed by atoms with Crippen molar-refractivity contribution in [2.24, 2.45) is 0 Å². The van der Waals surface area contributed by atoms with Crippen molar-refractivity contribution in [3.05, 3.63) is 58.7 Å². The first kappa shape index (κ1) is 12.1. The van der Waals surface area contributed by atoms with Gasteiger partial charge in [0.05, 0.1) is 6.61 Å². The van der Waals surface area contributed by atoms with Crippen molar-refractivity contribution in [1.82, 2.24) is 0 Å². The molecular formula is C17H19NO. The molecule has 19 heavy (non-hydrogen) atoms. The highest BCUT2D eigenvalue weighted by atomic mass is 16.5. The lowest BCUT2D eigenvalue weighted by Gasteiger charge is -2.09. The molecule has 2 aromatic carbocycles. The van der Waals surface area contributed by atoms with Crippen LogP contribution in [-0.4, -0.2) is 6.61 Å². The number of hydrogen-bond acceptors (Lipinski definition) is 2. The Bertz CT molecular complexity index is 604. The van der Waals surface area contributed by atoms with Gasteiger partial charge in [-0.2, -0.15) is 0 Å². The number of fused-ring (bicyclic) bond motifs is 1. The molecule has 1 aliphatic heterocycles. The maximum Gasteiger partial charge on any atom is 0.122 e. The zero-order chi connectivity index (χ0) is 13.2. The van der Waals surface area contributed by atoms with Gasteiger partial charge in [0.25, 0.3) is 0 Å². The van der Waals surface area contributed by atoms with E-state index in [1.54, 1.807) is 0 Å². The average Bonchev–Trinajstić information content (AvgIpc) is 2.87. The topological polar surface area (TPSA) is 21.3 Å². The Morgan fingerprint density at radius 3 is 2.79 bits per heavy atom. The van der Waals surface area contributed by atoms with Crippen LogP contribution in [0.5, 0.6) is 5.75 Å². The van der Waals surface area contributed by atoms with E-state index in [4.69, 9.17) is 4.74 Å². The predicted octanol–water partition coefficient (Wildman–Crippen LogP) is 3.85. The van der Waals surface area contributed by atoms with Crippen LogP contribution in [0, 0.1) is 13.8 Å². The van der Waals surface area contributed by atoms with E-state index in [1.165, 1.54) is 27.9 Å². The lowest BCUT2D eigenvalue weighted by Crippen LogP contribution is -2.00. The third-order valence-electron chi connectivity index (χ3n) is 3.76. The summed E-state index contributed by atoms with van der Waals surface area (Å²) in [7, 11) is 0. The second-order valence-electron chi connectivity index (χ2n) is 5.19. The first-order valence-corrected chi connectivity index (χ1v) is 6.78. The van der Waals surface area contributed by atoms with E-state index in [-0.39, 0.29) is 0 Å². The Labute approximate surface area is 114 Å². The van der Waals surface area contributed by atoms with E-state index < -0.39 is 0 Å². The van der Waals surface area contributed by atoms with E-state index in [1.807, 2.05) is 0 Å². The van der Waals surface area contributed by atoms with Gasteiger partial charge in [-0.25, -0.2) is 0 Å². The third kappa shape index (κ3) is 2.58. The monoisotopic (exact) mass is 253 g/mol. The SMILES string of the molecule is Cc1ccc(NCc2ccc3c(c2)CCO3)cc1C. The summed E-state index contributed by atoms with van der Waals surface area (Å²) < 4.78 is 5.52. The van der Waals surface area contributed by atoms with Crippen molar-refractivity contribution in [2.45, 2.75) is 26.8 Å². The second kappa shape index (κ2) is 4.96. The zero-order valence-electron chi connectivity index (χ0n) is 11.5. The van der Waals surface area contributed by atoms with Crippen LogP contribution in [0.3, 0.4) is 0 Å². The molecule has 2 aromatic rings. The van der Waals surface area contributed by atoms with Gasteiger partial charge in [0, 0.05) is 18.7 Å². The molecule has 0 spiro atoms. The molecule has 0 aliphatic carbocycles. The van der Waals surface area contributed by atoms with Crippen LogP contribution >= 0.6 is 0 Å². The van der Waals surface area contributed by atoms with Crippen molar-refractivity contribution in [2.75, 3.05) is 11.9 Å². The fourth-order valence-electron chi connectivity index (χ4n) is 2.41. The lowest BCUT2D eigenvalue weighted by molar-refractivity contribution is 0.357. The summed E-state index contributed by atoms with van der Waals surface area (Å²) in [4.78, 5) is 0. The normalized spacial score (nSPS) is 12.9. The number of aryl methyl sites for hydroxylation is 2. The van der Waals surface area contributed by atoms with Crippen LogP contribution in [0.15, 0.2) is 36.4 Å². The van der Waals surface area contributed by atoms with Crippen LogP contribution in [0.4, 0.5) is 5.69 Å². The minimum Gasteiger partial charge on any atom is -0.493 e. The lowest BCUT2D eigenvalue weighted by atomic mass is 10.1. The summed E-state index contributed by atoms with van der Waals surface area (Å²) in [6.07, 6.45) is 1.03. The van der Waals surface area contributed by atoms with Crippen LogP contribution in [0.25, 0.3) is 0 Å². The van der Waals surface area contributed by atoms with Gasteiger partial charge >= 0.3 is 0 Å². The molecule has 1 heterocycles. The van der Waals surface area contributed by atoms with Crippen molar-refractivity contribution in [1.29, 1.82) is 0 Å². The summed E-state index contributed by atoms with van der Waals surface area (Å²) >= 11 is 0. The molecule has 0 amide bonds. The van der Waals surface area contributed by atoms with Gasteiger partial charge in [-0.15, -0.1) is 0 Å². The van der Waals surface area contributed by atoms with Crippen molar-refractivity contribution in [3.8, 4) is 5.75 Å². The van der Waals surface area contributed by atoms with Crippen LogP contribution in [0.1, 0.15) is 22.3 Å². The van der Waals surface area contributed by atoms with E-state index >= 15 is 0 Å². The number of ether oxygens (including phenoxy) is 1. The molecule has 3 rings (SSSR count). The van der Waals surface area contributed by atoms with Crippen molar-refractivity contribution >= 4 is 5.69 Å². The Kier molecular flexibility index (Phi) is 3.16. The average molecular weight is 253 g/mol. The van der Waals surface area contributed by atoms with Crippen LogP contribution in [-0.2, 0) is 13.0 Å². The smallest absolute Gasteiger partial charge is 0.122 e. The molecule has 0 radical (unpaired) electrons. The van der Waals surface area contributed by atoms with E-state index in [2.05, 4.69) is 55.6 Å². The third-order valence-corrected chi connectivity index (χ3v) is 3.76. The van der Waals surface area contributed by atoms with Crippen molar-refractivity contribution < 1.29 is 4.74 Å². The molecule has 0 atom stereocenters. The highest BCUT2D eigenvalue weighted by molar-refractivity contribution is 5.49. The highest BCUT2D eigenvalue weighted by Gasteiger charge is 2.11. The highest BCUT2D eigenvalue weighted by Crippen LogP contribution is 2.26. The fourth-order valence-corrected chi connectivity index (χ4v) is 2.41. The van der Waals surface area contributed by atoms with Gasteiger partial charge in [0.1, 0.15) is 5.75 Å². The minimum absolute atomic E-state index is 0.823. The number of benzene rings is 2. The maximum atomic E-state index is 5.52. The quantitative estimate of drug-likeness (QED) is 0.897. The molecule has 0 bridgehead atoms. The minimum atomic E-state index is 0.823. The van der Waals surface area contributed by atoms with Gasteiger partial charge in [-0.05, 0) is 54.3 Å². The number of rotatable bonds is 3. The van der Waals surface area contributed by atoms with E-state index in [9.17, 15) is 0 Å². The first-order chi connectivity index (χ1) is 9.22. The fraction of sp³-hybridized carbons (Fsp3) is 0.294. The molecule has 0 unspecified atom stereocenters. The van der Waals surface area contributed by atoms with Crippen LogP contribution < -0.4 is 10.1 Å². The standard InChI is InChI=1S/C17H19NO/c1-12-3-5-16(9-13(12)2)18-11-14-4-6-17-15(10-14)7-8-19-17/h3-6,9-10,18H,7-8,11H2,1-2H3. The summed E-state index contributed by atoms with van der Waals surface area (Å²) in [5.74, 6) is 1.05. The summed E-state index contributed by atoms with van der Waals surface area (Å²) in [5.41, 5.74) is 6.48. The second-order valence-corrected chi connectivity index (χ2v) is 5.19. The first-order valence-electron chi connectivity index (χ1n) is 6.78. The Balaban J connectivity index is 1.70. The number of hydrogen-bond donors (Lipinski definition) is 1. The van der Waals surface area contributed by atoms with Gasteiger partial charge < -0.3 is 10.1 Å². The number of anilines is 1. The molecule has 2 nitrogen and oxygen atoms in total. The molecule has 0 aromatic heterocycles. The van der Waals surface area contributed by atoms with E-state index in [0.717, 1.165) is 25.3 Å². The Morgan fingerprint density at radius 1 is 1.05 bits per heavy atom. The number of nitrogens with one attached hydrogen (secondary N) is 1. The van der Waals surface area contributed by atoms with Gasteiger partial charge in [0.15, 0.2) is 0 Å². The molecule has 98 valence electrons. The summed E-state index contributed by atoms with van der Waals surface area (Å²) in [6.45, 7) is 5.96. The van der Waals surface area contributed by atoms with Gasteiger partial charge in [0.2, 0.25) is 0 Å². The zero-order valence-corrected chi connectivity index (χ0v) is 11.5. The molecule has 1 aliphatic rings. The Hall–Kier alpha value is -1.96. The van der Waals surface area contributed by atoms with Crippen molar-refractivity contribution in [3.63, 3.8) is 0 Å². The molecule has 0 fully saturated rings. The summed E-state index contributed by atoms with van der Waals surface area (Å²) in [5, 5.41) is 3.48. The largest absolute Gasteiger partial charge is 0.493 e. The Morgan fingerprint density at radius 2 is 1.95 bits per heavy atom. The van der Waals surface area contributed by atoms with E-state index in [0.29, 0.717) is 0 Å². The van der Waals surface area contributed by atoms with Crippen LogP contribution in [0.2, 0.25) is 0 Å².